The van der Waals surface area contributed by atoms with Crippen molar-refractivity contribution in [2.75, 3.05) is 13.7 Å². The summed E-state index contributed by atoms with van der Waals surface area (Å²) in [6, 6.07) is 13.7. The number of hydrogen-bond acceptors (Lipinski definition) is 5. The van der Waals surface area contributed by atoms with E-state index in [0.717, 1.165) is 5.56 Å². The summed E-state index contributed by atoms with van der Waals surface area (Å²) in [7, 11) is 1.62. The van der Waals surface area contributed by atoms with Crippen LogP contribution in [0.2, 0.25) is 5.02 Å². The molecule has 6 nitrogen and oxygen atoms in total. The number of aromatic amines is 1. The van der Waals surface area contributed by atoms with Gasteiger partial charge < -0.3 is 19.2 Å². The maximum atomic E-state index is 14.0. The van der Waals surface area contributed by atoms with Crippen molar-refractivity contribution in [3.63, 3.8) is 0 Å². The average molecular weight is 442 g/mol. The zero-order valence-electron chi connectivity index (χ0n) is 17.1. The fourth-order valence-electron chi connectivity index (χ4n) is 3.14. The van der Waals surface area contributed by atoms with Gasteiger partial charge in [0.15, 0.2) is 5.65 Å². The van der Waals surface area contributed by atoms with Crippen LogP contribution in [0.3, 0.4) is 0 Å². The Morgan fingerprint density at radius 2 is 1.94 bits per heavy atom. The topological polar surface area (TPSA) is 69.3 Å². The molecule has 0 saturated carbocycles. The van der Waals surface area contributed by atoms with E-state index in [2.05, 4.69) is 15.0 Å². The van der Waals surface area contributed by atoms with Gasteiger partial charge in [0.25, 0.3) is 0 Å². The summed E-state index contributed by atoms with van der Waals surface area (Å²) in [5.74, 6) is 1.37. The largest absolute Gasteiger partial charge is 0.489 e. The summed E-state index contributed by atoms with van der Waals surface area (Å²) in [5.41, 5.74) is 2.47. The summed E-state index contributed by atoms with van der Waals surface area (Å²) in [5, 5.41) is 0.505. The Balaban J connectivity index is 1.67. The number of ether oxygens (including phenoxy) is 3. The molecule has 0 aliphatic rings. The van der Waals surface area contributed by atoms with E-state index >= 15 is 0 Å². The predicted molar refractivity (Wildman–Crippen MR) is 117 cm³/mol. The molecule has 0 spiro atoms. The van der Waals surface area contributed by atoms with Crippen molar-refractivity contribution >= 4 is 22.8 Å². The van der Waals surface area contributed by atoms with E-state index in [-0.39, 0.29) is 18.5 Å². The number of fused-ring (bicyclic) bond motifs is 1. The second kappa shape index (κ2) is 9.32. The minimum absolute atomic E-state index is 0.0838. The second-order valence-electron chi connectivity index (χ2n) is 7.06. The minimum Gasteiger partial charge on any atom is -0.489 e. The quantitative estimate of drug-likeness (QED) is 0.396. The van der Waals surface area contributed by atoms with Gasteiger partial charge in [-0.2, -0.15) is 0 Å². The molecule has 2 aromatic carbocycles. The Morgan fingerprint density at radius 3 is 2.74 bits per heavy atom. The van der Waals surface area contributed by atoms with Crippen LogP contribution in [0.15, 0.2) is 54.7 Å². The van der Waals surface area contributed by atoms with Crippen LogP contribution in [0.1, 0.15) is 12.5 Å². The van der Waals surface area contributed by atoms with Crippen molar-refractivity contribution in [3.05, 3.63) is 71.1 Å². The van der Waals surface area contributed by atoms with Gasteiger partial charge in [-0.05, 0) is 31.2 Å². The molecule has 31 heavy (non-hydrogen) atoms. The number of nitrogens with zero attached hydrogens (tertiary/aromatic N) is 2. The lowest BCUT2D eigenvalue weighted by atomic mass is 10.2. The third-order valence-electron chi connectivity index (χ3n) is 4.55. The van der Waals surface area contributed by atoms with Gasteiger partial charge in [0.1, 0.15) is 41.4 Å². The van der Waals surface area contributed by atoms with Gasteiger partial charge >= 0.3 is 0 Å². The SMILES string of the molecule is COC[C@@H](C)Oc1cc(OCc2ccccc2F)cc(-c2nc3cc(Cl)cnc3[nH]2)c1. The molecule has 8 heteroatoms. The van der Waals surface area contributed by atoms with Crippen LogP contribution >= 0.6 is 11.6 Å². The average Bonchev–Trinajstić information content (AvgIpc) is 3.16. The van der Waals surface area contributed by atoms with E-state index in [1.54, 1.807) is 43.6 Å². The third-order valence-corrected chi connectivity index (χ3v) is 4.75. The number of aromatic nitrogens is 3. The summed E-state index contributed by atoms with van der Waals surface area (Å²) in [6.07, 6.45) is 1.39. The molecule has 0 bridgehead atoms. The summed E-state index contributed by atoms with van der Waals surface area (Å²) >= 11 is 6.02. The standard InChI is InChI=1S/C23H21ClFN3O3/c1-14(12-29-2)31-19-8-16(22-27-21-9-17(24)11-26-23(21)28-22)7-18(10-19)30-13-15-5-3-4-6-20(15)25/h3-11,14H,12-13H2,1-2H3,(H,26,27,28)/t14-/m1/s1. The van der Waals surface area contributed by atoms with Crippen molar-refractivity contribution in [2.24, 2.45) is 0 Å². The third kappa shape index (κ3) is 5.13. The molecule has 160 valence electrons. The molecule has 0 aliphatic carbocycles. The number of benzene rings is 2. The van der Waals surface area contributed by atoms with Crippen LogP contribution in [0.5, 0.6) is 11.5 Å². The summed E-state index contributed by atoms with van der Waals surface area (Å²) < 4.78 is 31.0. The summed E-state index contributed by atoms with van der Waals surface area (Å²) in [6.45, 7) is 2.42. The molecule has 0 saturated heterocycles. The van der Waals surface area contributed by atoms with Crippen molar-refractivity contribution in [1.82, 2.24) is 15.0 Å². The van der Waals surface area contributed by atoms with Crippen molar-refractivity contribution in [1.29, 1.82) is 0 Å². The molecular weight excluding hydrogens is 421 g/mol. The lowest BCUT2D eigenvalue weighted by Crippen LogP contribution is -2.18. The van der Waals surface area contributed by atoms with Crippen LogP contribution in [-0.4, -0.2) is 34.8 Å². The number of pyridine rings is 1. The number of nitrogens with one attached hydrogen (secondary N) is 1. The molecular formula is C23H21ClFN3O3. The van der Waals surface area contributed by atoms with Crippen molar-refractivity contribution in [2.45, 2.75) is 19.6 Å². The molecule has 2 heterocycles. The highest BCUT2D eigenvalue weighted by molar-refractivity contribution is 6.31. The number of methoxy groups -OCH3 is 1. The van der Waals surface area contributed by atoms with E-state index in [1.165, 1.54) is 6.07 Å². The molecule has 0 amide bonds. The number of halogens is 2. The van der Waals surface area contributed by atoms with Crippen LogP contribution < -0.4 is 9.47 Å². The normalized spacial score (nSPS) is 12.1. The van der Waals surface area contributed by atoms with Crippen LogP contribution in [0, 0.1) is 5.82 Å². The molecule has 0 fully saturated rings. The Hall–Kier alpha value is -3.16. The smallest absolute Gasteiger partial charge is 0.157 e. The van der Waals surface area contributed by atoms with Gasteiger partial charge in [0.05, 0.1) is 11.6 Å². The number of H-pyrrole nitrogens is 1. The predicted octanol–water partition coefficient (Wildman–Crippen LogP) is 5.41. The van der Waals surface area contributed by atoms with Crippen LogP contribution in [0.25, 0.3) is 22.6 Å². The highest BCUT2D eigenvalue weighted by atomic mass is 35.5. The lowest BCUT2D eigenvalue weighted by Gasteiger charge is -2.16. The first kappa shape index (κ1) is 21.1. The number of hydrogen-bond donors (Lipinski definition) is 1. The van der Waals surface area contributed by atoms with E-state index in [1.807, 2.05) is 19.1 Å². The Bertz CT molecular complexity index is 1200. The van der Waals surface area contributed by atoms with Gasteiger partial charge in [0, 0.05) is 30.5 Å². The Morgan fingerprint density at radius 1 is 1.13 bits per heavy atom. The molecule has 0 aliphatic heterocycles. The highest BCUT2D eigenvalue weighted by Crippen LogP contribution is 2.31. The van der Waals surface area contributed by atoms with Gasteiger partial charge in [-0.3, -0.25) is 0 Å². The fourth-order valence-corrected chi connectivity index (χ4v) is 3.30. The molecule has 2 aromatic heterocycles. The summed E-state index contributed by atoms with van der Waals surface area (Å²) in [4.78, 5) is 12.0. The first-order valence-corrected chi connectivity index (χ1v) is 10.1. The first-order valence-electron chi connectivity index (χ1n) is 9.70. The highest BCUT2D eigenvalue weighted by Gasteiger charge is 2.13. The van der Waals surface area contributed by atoms with Crippen LogP contribution in [0.4, 0.5) is 4.39 Å². The molecule has 4 rings (SSSR count). The van der Waals surface area contributed by atoms with E-state index in [4.69, 9.17) is 25.8 Å². The van der Waals surface area contributed by atoms with E-state index in [0.29, 0.717) is 45.7 Å². The molecule has 0 radical (unpaired) electrons. The lowest BCUT2D eigenvalue weighted by molar-refractivity contribution is 0.0919. The Kier molecular flexibility index (Phi) is 6.34. The van der Waals surface area contributed by atoms with Gasteiger partial charge in [0.2, 0.25) is 0 Å². The van der Waals surface area contributed by atoms with Crippen molar-refractivity contribution in [3.8, 4) is 22.9 Å². The van der Waals surface area contributed by atoms with Crippen LogP contribution in [-0.2, 0) is 11.3 Å². The molecule has 0 unspecified atom stereocenters. The van der Waals surface area contributed by atoms with E-state index < -0.39 is 0 Å². The van der Waals surface area contributed by atoms with Crippen molar-refractivity contribution < 1.29 is 18.6 Å². The zero-order chi connectivity index (χ0) is 21.8. The molecule has 1 atom stereocenters. The Labute approximate surface area is 184 Å². The van der Waals surface area contributed by atoms with Gasteiger partial charge in [-0.1, -0.05) is 29.8 Å². The minimum atomic E-state index is -0.316. The number of rotatable bonds is 8. The zero-order valence-corrected chi connectivity index (χ0v) is 17.8. The second-order valence-corrected chi connectivity index (χ2v) is 7.50. The molecule has 1 N–H and O–H groups in total. The maximum absolute atomic E-state index is 14.0. The van der Waals surface area contributed by atoms with E-state index in [9.17, 15) is 4.39 Å². The number of imidazole rings is 1. The fraction of sp³-hybridized carbons (Fsp3) is 0.217. The first-order chi connectivity index (χ1) is 15.0. The van der Waals surface area contributed by atoms with Gasteiger partial charge in [-0.15, -0.1) is 0 Å². The maximum Gasteiger partial charge on any atom is 0.157 e. The molecule has 4 aromatic rings. The van der Waals surface area contributed by atoms with Gasteiger partial charge in [-0.25, -0.2) is 14.4 Å². The monoisotopic (exact) mass is 441 g/mol.